The molecule has 5 nitrogen and oxygen atoms in total. The Balaban J connectivity index is 1.37. The van der Waals surface area contributed by atoms with Crippen LogP contribution >= 0.6 is 0 Å². The van der Waals surface area contributed by atoms with E-state index in [1.54, 1.807) is 4.90 Å². The van der Waals surface area contributed by atoms with E-state index in [-0.39, 0.29) is 24.5 Å². The van der Waals surface area contributed by atoms with Crippen molar-refractivity contribution >= 4 is 11.7 Å². The van der Waals surface area contributed by atoms with Crippen LogP contribution in [0.4, 0.5) is 0 Å². The van der Waals surface area contributed by atoms with E-state index in [4.69, 9.17) is 9.47 Å². The summed E-state index contributed by atoms with van der Waals surface area (Å²) in [6, 6.07) is 11.8. The number of carbonyl (C=O) groups is 2. The highest BCUT2D eigenvalue weighted by Gasteiger charge is 2.21. The zero-order chi connectivity index (χ0) is 20.9. The number of aryl methyl sites for hydroxylation is 2. The zero-order valence-corrected chi connectivity index (χ0v) is 17.6. The second-order valence-corrected chi connectivity index (χ2v) is 7.96. The van der Waals surface area contributed by atoms with E-state index < -0.39 is 0 Å². The third-order valence-corrected chi connectivity index (χ3v) is 5.98. The summed E-state index contributed by atoms with van der Waals surface area (Å²) in [6.07, 6.45) is 5.02. The molecule has 0 N–H and O–H groups in total. The molecular formula is C25H29NO4. The van der Waals surface area contributed by atoms with Crippen LogP contribution in [0.1, 0.15) is 59.7 Å². The van der Waals surface area contributed by atoms with Crippen LogP contribution in [-0.2, 0) is 24.2 Å². The van der Waals surface area contributed by atoms with Crippen LogP contribution in [0.15, 0.2) is 36.4 Å². The van der Waals surface area contributed by atoms with Crippen molar-refractivity contribution < 1.29 is 19.1 Å². The molecule has 0 saturated carbocycles. The van der Waals surface area contributed by atoms with Crippen molar-refractivity contribution in [3.05, 3.63) is 58.7 Å². The Bertz CT molecular complexity index is 937. The number of fused-ring (bicyclic) bond motifs is 2. The number of ketones is 1. The van der Waals surface area contributed by atoms with Gasteiger partial charge in [0.25, 0.3) is 0 Å². The lowest BCUT2D eigenvalue weighted by Crippen LogP contribution is -2.31. The molecule has 0 atom stereocenters. The lowest BCUT2D eigenvalue weighted by atomic mass is 9.89. The third-order valence-electron chi connectivity index (χ3n) is 5.98. The molecule has 0 spiro atoms. The molecule has 0 aromatic heterocycles. The number of nitrogens with zero attached hydrogens (tertiary/aromatic N) is 1. The molecule has 1 aliphatic carbocycles. The summed E-state index contributed by atoms with van der Waals surface area (Å²) < 4.78 is 11.4. The Morgan fingerprint density at radius 1 is 0.967 bits per heavy atom. The summed E-state index contributed by atoms with van der Waals surface area (Å²) in [7, 11) is 0. The number of Topliss-reactive ketones (excluding diaryl/α,β-unsaturated/α-hetero) is 1. The van der Waals surface area contributed by atoms with Crippen molar-refractivity contribution in [2.24, 2.45) is 0 Å². The summed E-state index contributed by atoms with van der Waals surface area (Å²) in [4.78, 5) is 27.3. The quantitative estimate of drug-likeness (QED) is 0.641. The molecule has 5 heteroatoms. The molecule has 0 unspecified atom stereocenters. The van der Waals surface area contributed by atoms with Gasteiger partial charge in [-0.15, -0.1) is 0 Å². The molecule has 2 aromatic carbocycles. The lowest BCUT2D eigenvalue weighted by Gasteiger charge is -2.25. The molecule has 2 aromatic rings. The summed E-state index contributed by atoms with van der Waals surface area (Å²) >= 11 is 0. The first kappa shape index (κ1) is 20.5. The average Bonchev–Trinajstić information content (AvgIpc) is 2.80. The summed E-state index contributed by atoms with van der Waals surface area (Å²) in [5.41, 5.74) is 4.32. The summed E-state index contributed by atoms with van der Waals surface area (Å²) in [5.74, 6) is 1.48. The van der Waals surface area contributed by atoms with E-state index in [0.717, 1.165) is 35.5 Å². The molecule has 0 radical (unpaired) electrons. The van der Waals surface area contributed by atoms with Crippen molar-refractivity contribution in [1.29, 1.82) is 0 Å². The second kappa shape index (κ2) is 9.33. The highest BCUT2D eigenvalue weighted by Crippen LogP contribution is 2.34. The van der Waals surface area contributed by atoms with Gasteiger partial charge in [-0.25, -0.2) is 0 Å². The molecule has 4 rings (SSSR count). The van der Waals surface area contributed by atoms with Crippen molar-refractivity contribution in [2.75, 3.05) is 19.8 Å². The van der Waals surface area contributed by atoms with E-state index in [1.165, 1.54) is 24.0 Å². The number of carbonyl (C=O) groups excluding carboxylic acids is 2. The van der Waals surface area contributed by atoms with Crippen molar-refractivity contribution in [2.45, 2.75) is 52.0 Å². The van der Waals surface area contributed by atoms with Crippen LogP contribution in [0.5, 0.6) is 11.5 Å². The number of amides is 1. The standard InChI is InChI=1S/C25H29NO4/c1-2-26(17-21-8-5-9-23-25(21)30-15-14-29-23)24(28)13-12-22(27)20-11-10-18-6-3-4-7-19(18)16-20/h5,8-11,16H,2-4,6-7,12-15,17H2,1H3. The number of rotatable bonds is 7. The molecule has 1 amide bonds. The minimum absolute atomic E-state index is 0.0156. The highest BCUT2D eigenvalue weighted by atomic mass is 16.6. The number of ether oxygens (including phenoxy) is 2. The second-order valence-electron chi connectivity index (χ2n) is 7.96. The van der Waals surface area contributed by atoms with E-state index in [0.29, 0.717) is 26.3 Å². The van der Waals surface area contributed by atoms with E-state index >= 15 is 0 Å². The summed E-state index contributed by atoms with van der Waals surface area (Å²) in [6.45, 7) is 4.04. The first-order valence-electron chi connectivity index (χ1n) is 11.0. The fraction of sp³-hybridized carbons (Fsp3) is 0.440. The van der Waals surface area contributed by atoms with Gasteiger partial charge >= 0.3 is 0 Å². The molecule has 30 heavy (non-hydrogen) atoms. The van der Waals surface area contributed by atoms with Crippen molar-refractivity contribution in [3.8, 4) is 11.5 Å². The first-order chi connectivity index (χ1) is 14.7. The smallest absolute Gasteiger partial charge is 0.223 e. The van der Waals surface area contributed by atoms with Gasteiger partial charge < -0.3 is 14.4 Å². The average molecular weight is 408 g/mol. The minimum Gasteiger partial charge on any atom is -0.486 e. The maximum atomic E-state index is 12.8. The fourth-order valence-electron chi connectivity index (χ4n) is 4.27. The van der Waals surface area contributed by atoms with Crippen molar-refractivity contribution in [3.63, 3.8) is 0 Å². The molecular weight excluding hydrogens is 378 g/mol. The predicted octanol–water partition coefficient (Wildman–Crippen LogP) is 4.35. The van der Waals surface area contributed by atoms with E-state index in [2.05, 4.69) is 6.07 Å². The van der Waals surface area contributed by atoms with Crippen LogP contribution in [0, 0.1) is 0 Å². The van der Waals surface area contributed by atoms with Gasteiger partial charge in [-0.1, -0.05) is 24.3 Å². The minimum atomic E-state index is -0.0156. The Labute approximate surface area is 178 Å². The Morgan fingerprint density at radius 2 is 1.77 bits per heavy atom. The monoisotopic (exact) mass is 407 g/mol. The van der Waals surface area contributed by atoms with E-state index in [9.17, 15) is 9.59 Å². The van der Waals surface area contributed by atoms with Gasteiger partial charge in [-0.2, -0.15) is 0 Å². The van der Waals surface area contributed by atoms with E-state index in [1.807, 2.05) is 37.3 Å². The van der Waals surface area contributed by atoms with Crippen LogP contribution in [0.3, 0.4) is 0 Å². The normalized spacial score (nSPS) is 14.7. The Morgan fingerprint density at radius 3 is 2.60 bits per heavy atom. The molecule has 0 saturated heterocycles. The first-order valence-corrected chi connectivity index (χ1v) is 11.0. The van der Waals surface area contributed by atoms with Gasteiger partial charge in [0.15, 0.2) is 17.3 Å². The molecule has 0 fully saturated rings. The third kappa shape index (κ3) is 4.50. The van der Waals surface area contributed by atoms with Crippen LogP contribution in [-0.4, -0.2) is 36.3 Å². The van der Waals surface area contributed by atoms with Crippen molar-refractivity contribution in [1.82, 2.24) is 4.90 Å². The summed E-state index contributed by atoms with van der Waals surface area (Å²) in [5, 5.41) is 0. The topological polar surface area (TPSA) is 55.8 Å². The number of benzene rings is 2. The van der Waals surface area contributed by atoms with Gasteiger partial charge in [0, 0.05) is 37.1 Å². The molecule has 0 bridgehead atoms. The predicted molar refractivity (Wildman–Crippen MR) is 115 cm³/mol. The maximum absolute atomic E-state index is 12.8. The maximum Gasteiger partial charge on any atom is 0.223 e. The van der Waals surface area contributed by atoms with Gasteiger partial charge in [-0.3, -0.25) is 9.59 Å². The van der Waals surface area contributed by atoms with Gasteiger partial charge in [0.1, 0.15) is 13.2 Å². The van der Waals surface area contributed by atoms with Crippen LogP contribution in [0.25, 0.3) is 0 Å². The molecule has 2 aliphatic rings. The van der Waals surface area contributed by atoms with Gasteiger partial charge in [0.05, 0.1) is 0 Å². The number of para-hydroxylation sites is 1. The molecule has 1 aliphatic heterocycles. The van der Waals surface area contributed by atoms with Crippen LogP contribution in [0.2, 0.25) is 0 Å². The van der Waals surface area contributed by atoms with Gasteiger partial charge in [0.2, 0.25) is 5.91 Å². The largest absolute Gasteiger partial charge is 0.486 e. The highest BCUT2D eigenvalue weighted by molar-refractivity contribution is 5.98. The van der Waals surface area contributed by atoms with Gasteiger partial charge in [-0.05, 0) is 55.9 Å². The number of hydrogen-bond acceptors (Lipinski definition) is 4. The Hall–Kier alpha value is -2.82. The molecule has 158 valence electrons. The number of hydrogen-bond donors (Lipinski definition) is 0. The molecule has 1 heterocycles. The lowest BCUT2D eigenvalue weighted by molar-refractivity contribution is -0.131. The van der Waals surface area contributed by atoms with Crippen LogP contribution < -0.4 is 9.47 Å². The SMILES string of the molecule is CCN(Cc1cccc2c1OCCO2)C(=O)CCC(=O)c1ccc2c(c1)CCCC2. The fourth-order valence-corrected chi connectivity index (χ4v) is 4.27. The zero-order valence-electron chi connectivity index (χ0n) is 17.6. The Kier molecular flexibility index (Phi) is 6.36.